The Morgan fingerprint density at radius 3 is 2.96 bits per heavy atom. The van der Waals surface area contributed by atoms with Gasteiger partial charge in [-0.1, -0.05) is 24.6 Å². The number of likely N-dealkylation sites (tertiary alicyclic amines) is 1. The topological polar surface area (TPSA) is 75.4 Å². The van der Waals surface area contributed by atoms with Crippen molar-refractivity contribution in [1.29, 1.82) is 0 Å². The molecule has 2 atom stereocenters. The summed E-state index contributed by atoms with van der Waals surface area (Å²) in [4.78, 5) is 26.1. The highest BCUT2D eigenvalue weighted by Gasteiger charge is 2.55. The molecular weight excluding hydrogens is 294 g/mol. The van der Waals surface area contributed by atoms with Crippen molar-refractivity contribution in [3.8, 4) is 0 Å². The Kier molecular flexibility index (Phi) is 3.14. The van der Waals surface area contributed by atoms with Crippen LogP contribution in [0.4, 0.5) is 0 Å². The molecule has 6 nitrogen and oxygen atoms in total. The summed E-state index contributed by atoms with van der Waals surface area (Å²) in [7, 11) is 0. The molecule has 2 aromatic rings. The van der Waals surface area contributed by atoms with Crippen molar-refractivity contribution >= 4 is 22.8 Å². The van der Waals surface area contributed by atoms with E-state index in [1.165, 1.54) is 0 Å². The lowest BCUT2D eigenvalue weighted by Gasteiger charge is -2.23. The maximum absolute atomic E-state index is 12.6. The van der Waals surface area contributed by atoms with E-state index < -0.39 is 11.4 Å². The van der Waals surface area contributed by atoms with Gasteiger partial charge in [0.1, 0.15) is 6.54 Å². The predicted molar refractivity (Wildman–Crippen MR) is 83.7 cm³/mol. The van der Waals surface area contributed by atoms with Crippen molar-refractivity contribution in [3.63, 3.8) is 0 Å². The molecule has 120 valence electrons. The first-order chi connectivity index (χ1) is 11.1. The Bertz CT molecular complexity index is 784. The average molecular weight is 313 g/mol. The van der Waals surface area contributed by atoms with Gasteiger partial charge in [-0.25, -0.2) is 0 Å². The van der Waals surface area contributed by atoms with Gasteiger partial charge in [0.15, 0.2) is 0 Å². The number of amides is 1. The lowest BCUT2D eigenvalue weighted by molar-refractivity contribution is -0.149. The molecule has 1 amide bonds. The number of carbonyl (C=O) groups is 2. The fourth-order valence-corrected chi connectivity index (χ4v) is 4.21. The predicted octanol–water partition coefficient (Wildman–Crippen LogP) is 1.75. The Hall–Kier alpha value is -2.37. The fourth-order valence-electron chi connectivity index (χ4n) is 4.21. The summed E-state index contributed by atoms with van der Waals surface area (Å²) in [5.74, 6) is -0.702. The Morgan fingerprint density at radius 1 is 1.35 bits per heavy atom. The van der Waals surface area contributed by atoms with E-state index in [4.69, 9.17) is 0 Å². The van der Waals surface area contributed by atoms with Gasteiger partial charge in [0.25, 0.3) is 0 Å². The van der Waals surface area contributed by atoms with Crippen molar-refractivity contribution in [2.75, 3.05) is 13.1 Å². The molecule has 1 N–H and O–H groups in total. The number of aromatic nitrogens is 2. The van der Waals surface area contributed by atoms with Crippen LogP contribution in [0, 0.1) is 11.3 Å². The van der Waals surface area contributed by atoms with Gasteiger partial charge in [0, 0.05) is 18.5 Å². The molecule has 23 heavy (non-hydrogen) atoms. The number of aliphatic carboxylic acids is 1. The first-order valence-corrected chi connectivity index (χ1v) is 8.02. The number of carboxylic acid groups (broad SMARTS) is 1. The number of nitrogens with zero attached hydrogens (tertiary/aromatic N) is 3. The van der Waals surface area contributed by atoms with Crippen LogP contribution in [0.3, 0.4) is 0 Å². The maximum atomic E-state index is 12.6. The van der Waals surface area contributed by atoms with E-state index >= 15 is 0 Å². The minimum atomic E-state index is -0.750. The molecule has 2 heterocycles. The van der Waals surface area contributed by atoms with E-state index in [9.17, 15) is 14.7 Å². The summed E-state index contributed by atoms with van der Waals surface area (Å²) >= 11 is 0. The second-order valence-electron chi connectivity index (χ2n) is 6.69. The molecule has 1 aromatic heterocycles. The van der Waals surface area contributed by atoms with Crippen LogP contribution in [0.15, 0.2) is 30.5 Å². The van der Waals surface area contributed by atoms with Crippen LogP contribution in [0.5, 0.6) is 0 Å². The summed E-state index contributed by atoms with van der Waals surface area (Å²) < 4.78 is 1.69. The van der Waals surface area contributed by atoms with Crippen molar-refractivity contribution in [2.24, 2.45) is 11.3 Å². The first kappa shape index (κ1) is 14.2. The summed E-state index contributed by atoms with van der Waals surface area (Å²) in [6, 6.07) is 7.76. The van der Waals surface area contributed by atoms with E-state index in [-0.39, 0.29) is 18.4 Å². The number of para-hydroxylation sites is 1. The third-order valence-corrected chi connectivity index (χ3v) is 5.49. The van der Waals surface area contributed by atoms with Crippen molar-refractivity contribution in [3.05, 3.63) is 30.5 Å². The lowest BCUT2D eigenvalue weighted by atomic mass is 9.81. The van der Waals surface area contributed by atoms with Crippen LogP contribution in [0.2, 0.25) is 0 Å². The minimum Gasteiger partial charge on any atom is -0.481 e. The van der Waals surface area contributed by atoms with Gasteiger partial charge >= 0.3 is 5.97 Å². The highest BCUT2D eigenvalue weighted by atomic mass is 16.4. The maximum Gasteiger partial charge on any atom is 0.311 e. The van der Waals surface area contributed by atoms with Gasteiger partial charge in [0.2, 0.25) is 5.91 Å². The molecule has 1 saturated heterocycles. The van der Waals surface area contributed by atoms with Gasteiger partial charge in [-0.3, -0.25) is 14.3 Å². The molecule has 1 saturated carbocycles. The van der Waals surface area contributed by atoms with E-state index in [1.807, 2.05) is 24.3 Å². The van der Waals surface area contributed by atoms with Gasteiger partial charge in [0.05, 0.1) is 17.1 Å². The van der Waals surface area contributed by atoms with Crippen LogP contribution in [0.1, 0.15) is 19.3 Å². The number of fused-ring (bicyclic) bond motifs is 2. The van der Waals surface area contributed by atoms with Gasteiger partial charge in [-0.15, -0.1) is 0 Å². The van der Waals surface area contributed by atoms with Crippen LogP contribution < -0.4 is 0 Å². The Labute approximate surface area is 133 Å². The smallest absolute Gasteiger partial charge is 0.311 e. The fraction of sp³-hybridized carbons (Fsp3) is 0.471. The third-order valence-electron chi connectivity index (χ3n) is 5.49. The molecule has 1 aromatic carbocycles. The normalized spacial score (nSPS) is 26.6. The zero-order valence-corrected chi connectivity index (χ0v) is 12.8. The number of hydrogen-bond acceptors (Lipinski definition) is 3. The summed E-state index contributed by atoms with van der Waals surface area (Å²) in [6.07, 6.45) is 4.28. The van der Waals surface area contributed by atoms with Crippen molar-refractivity contribution in [1.82, 2.24) is 14.7 Å². The van der Waals surface area contributed by atoms with Gasteiger partial charge in [-0.05, 0) is 24.8 Å². The standard InChI is InChI=1S/C17H19N3O3/c21-15(10-20-14-6-2-1-4-12(14)8-18-20)19-9-13-5-3-7-17(13,11-19)16(22)23/h1-2,4,6,8,13H,3,5,7,9-11H2,(H,22,23)/t13-,17+/m0/s1. The van der Waals surface area contributed by atoms with Crippen molar-refractivity contribution in [2.45, 2.75) is 25.8 Å². The molecule has 0 spiro atoms. The molecule has 1 aliphatic heterocycles. The summed E-state index contributed by atoms with van der Waals surface area (Å²) in [6.45, 7) is 1.06. The molecular formula is C17H19N3O3. The van der Waals surface area contributed by atoms with E-state index in [1.54, 1.807) is 15.8 Å². The first-order valence-electron chi connectivity index (χ1n) is 8.02. The number of carboxylic acids is 1. The van der Waals surface area contributed by atoms with Gasteiger partial charge in [-0.2, -0.15) is 5.10 Å². The zero-order chi connectivity index (χ0) is 16.0. The SMILES string of the molecule is O=C(Cn1ncc2ccccc21)N1C[C@@H]2CCC[C@@]2(C(=O)O)C1. The van der Waals surface area contributed by atoms with Crippen LogP contribution >= 0.6 is 0 Å². The molecule has 0 radical (unpaired) electrons. The second kappa shape index (κ2) is 5.08. The van der Waals surface area contributed by atoms with Gasteiger partial charge < -0.3 is 10.0 Å². The van der Waals surface area contributed by atoms with E-state index in [2.05, 4.69) is 5.10 Å². The number of benzene rings is 1. The molecule has 2 aliphatic rings. The van der Waals surface area contributed by atoms with Crippen LogP contribution in [-0.2, 0) is 16.1 Å². The average Bonchev–Trinajstić information content (AvgIpc) is 3.19. The van der Waals surface area contributed by atoms with E-state index in [0.717, 1.165) is 23.7 Å². The quantitative estimate of drug-likeness (QED) is 0.936. The largest absolute Gasteiger partial charge is 0.481 e. The monoisotopic (exact) mass is 313 g/mol. The lowest BCUT2D eigenvalue weighted by Crippen LogP contribution is -2.38. The molecule has 6 heteroatoms. The summed E-state index contributed by atoms with van der Waals surface area (Å²) in [5, 5.41) is 14.9. The Morgan fingerprint density at radius 2 is 2.17 bits per heavy atom. The third kappa shape index (κ3) is 2.12. The van der Waals surface area contributed by atoms with E-state index in [0.29, 0.717) is 19.5 Å². The second-order valence-corrected chi connectivity index (χ2v) is 6.69. The highest BCUT2D eigenvalue weighted by Crippen LogP contribution is 2.48. The molecule has 0 bridgehead atoms. The number of carbonyl (C=O) groups excluding carboxylic acids is 1. The molecule has 2 fully saturated rings. The number of hydrogen-bond donors (Lipinski definition) is 1. The molecule has 1 aliphatic carbocycles. The molecule has 0 unspecified atom stereocenters. The summed E-state index contributed by atoms with van der Waals surface area (Å²) in [5.41, 5.74) is 0.204. The van der Waals surface area contributed by atoms with Crippen LogP contribution in [-0.4, -0.2) is 44.8 Å². The minimum absolute atomic E-state index is 0.0473. The zero-order valence-electron chi connectivity index (χ0n) is 12.8. The van der Waals surface area contributed by atoms with Crippen LogP contribution in [0.25, 0.3) is 10.9 Å². The highest BCUT2D eigenvalue weighted by molar-refractivity contribution is 5.83. The number of rotatable bonds is 3. The molecule has 4 rings (SSSR count). The Balaban J connectivity index is 1.53. The van der Waals surface area contributed by atoms with Crippen molar-refractivity contribution < 1.29 is 14.7 Å².